The predicted octanol–water partition coefficient (Wildman–Crippen LogP) is 3.59. The van der Waals surface area contributed by atoms with Crippen molar-refractivity contribution in [2.45, 2.75) is 39.0 Å². The first-order valence-electron chi connectivity index (χ1n) is 4.80. The van der Waals surface area contributed by atoms with Crippen molar-refractivity contribution in [1.82, 2.24) is 0 Å². The third kappa shape index (κ3) is 3.09. The minimum atomic E-state index is 0.676. The van der Waals surface area contributed by atoms with E-state index in [4.69, 9.17) is 0 Å². The lowest BCUT2D eigenvalue weighted by molar-refractivity contribution is 0.664. The van der Waals surface area contributed by atoms with Crippen molar-refractivity contribution in [1.29, 1.82) is 0 Å². The van der Waals surface area contributed by atoms with Crippen LogP contribution in [0.4, 0.5) is 0 Å². The van der Waals surface area contributed by atoms with Gasteiger partial charge in [-0.2, -0.15) is 0 Å². The van der Waals surface area contributed by atoms with Gasteiger partial charge in [0.25, 0.3) is 0 Å². The monoisotopic (exact) mass is 151 g/mol. The lowest BCUT2D eigenvalue weighted by atomic mass is 10.0. The van der Waals surface area contributed by atoms with Crippen LogP contribution >= 0.6 is 0 Å². The molecule has 0 aromatic heterocycles. The van der Waals surface area contributed by atoms with E-state index in [1.54, 1.807) is 0 Å². The molecule has 1 atom stereocenters. The summed E-state index contributed by atoms with van der Waals surface area (Å²) in [4.78, 5) is 0. The highest BCUT2D eigenvalue weighted by molar-refractivity contribution is 4.93. The van der Waals surface area contributed by atoms with Crippen LogP contribution in [-0.2, 0) is 0 Å². The minimum Gasteiger partial charge on any atom is -0.0854 e. The number of allylic oxidation sites excluding steroid dienone is 2. The molecule has 63 valence electrons. The second-order valence-electron chi connectivity index (χ2n) is 3.70. The quantitative estimate of drug-likeness (QED) is 0.541. The summed E-state index contributed by atoms with van der Waals surface area (Å²) in [5.74, 6) is 1.57. The van der Waals surface area contributed by atoms with Gasteiger partial charge in [-0.05, 0) is 31.1 Å². The van der Waals surface area contributed by atoms with Crippen molar-refractivity contribution in [3.63, 3.8) is 0 Å². The fourth-order valence-corrected chi connectivity index (χ4v) is 1.59. The Labute approximate surface area is 70.7 Å². The third-order valence-corrected chi connectivity index (χ3v) is 2.57. The molecule has 1 saturated carbocycles. The van der Waals surface area contributed by atoms with Gasteiger partial charge in [0.2, 0.25) is 0 Å². The Balaban J connectivity index is 2.22. The van der Waals surface area contributed by atoms with Gasteiger partial charge in [0.15, 0.2) is 0 Å². The highest BCUT2D eigenvalue weighted by atomic mass is 14.2. The van der Waals surface area contributed by atoms with Gasteiger partial charge in [-0.3, -0.25) is 0 Å². The highest BCUT2D eigenvalue weighted by Crippen LogP contribution is 2.26. The first-order valence-corrected chi connectivity index (χ1v) is 4.80. The van der Waals surface area contributed by atoms with Crippen molar-refractivity contribution in [2.75, 3.05) is 0 Å². The van der Waals surface area contributed by atoms with E-state index in [2.05, 4.69) is 26.0 Å². The zero-order chi connectivity index (χ0) is 8.10. The molecule has 0 nitrogen and oxygen atoms in total. The molecule has 0 spiro atoms. The maximum absolute atomic E-state index is 3.88. The van der Waals surface area contributed by atoms with Gasteiger partial charge in [0.05, 0.1) is 0 Å². The SMILES string of the molecule is [CH2]CC(C)C=CC1CCCC1. The molecule has 0 aliphatic heterocycles. The van der Waals surface area contributed by atoms with Crippen LogP contribution in [0.15, 0.2) is 12.2 Å². The predicted molar refractivity (Wildman–Crippen MR) is 50.2 cm³/mol. The molecule has 0 heteroatoms. The van der Waals surface area contributed by atoms with Crippen LogP contribution in [0.1, 0.15) is 39.0 Å². The van der Waals surface area contributed by atoms with E-state index in [0.717, 1.165) is 12.3 Å². The summed E-state index contributed by atoms with van der Waals surface area (Å²) in [7, 11) is 0. The molecule has 0 aromatic carbocycles. The van der Waals surface area contributed by atoms with E-state index in [9.17, 15) is 0 Å². The number of rotatable bonds is 3. The van der Waals surface area contributed by atoms with Crippen LogP contribution in [0.5, 0.6) is 0 Å². The van der Waals surface area contributed by atoms with Crippen molar-refractivity contribution >= 4 is 0 Å². The van der Waals surface area contributed by atoms with Crippen molar-refractivity contribution in [2.24, 2.45) is 11.8 Å². The van der Waals surface area contributed by atoms with E-state index in [1.165, 1.54) is 25.7 Å². The van der Waals surface area contributed by atoms with Gasteiger partial charge in [-0.1, -0.05) is 38.8 Å². The average Bonchev–Trinajstić information content (AvgIpc) is 2.52. The third-order valence-electron chi connectivity index (χ3n) is 2.57. The molecule has 1 rings (SSSR count). The molecule has 1 unspecified atom stereocenters. The Morgan fingerprint density at radius 2 is 2.09 bits per heavy atom. The van der Waals surface area contributed by atoms with Crippen LogP contribution in [0.3, 0.4) is 0 Å². The molecule has 1 fully saturated rings. The summed E-state index contributed by atoms with van der Waals surface area (Å²) in [6, 6.07) is 0. The van der Waals surface area contributed by atoms with E-state index in [-0.39, 0.29) is 0 Å². The molecule has 0 amide bonds. The first-order chi connectivity index (χ1) is 5.33. The summed E-state index contributed by atoms with van der Waals surface area (Å²) in [6.45, 7) is 6.11. The molecule has 1 aliphatic rings. The topological polar surface area (TPSA) is 0 Å². The van der Waals surface area contributed by atoms with Crippen LogP contribution in [-0.4, -0.2) is 0 Å². The molecule has 0 aromatic rings. The molecular formula is C11H19. The maximum Gasteiger partial charge on any atom is -0.0233 e. The van der Waals surface area contributed by atoms with Gasteiger partial charge in [0.1, 0.15) is 0 Å². The lowest BCUT2D eigenvalue weighted by Crippen LogP contribution is -1.90. The van der Waals surface area contributed by atoms with E-state index in [1.807, 2.05) is 0 Å². The fraction of sp³-hybridized carbons (Fsp3) is 0.727. The molecular weight excluding hydrogens is 132 g/mol. The molecule has 0 bridgehead atoms. The molecule has 0 heterocycles. The Kier molecular flexibility index (Phi) is 3.68. The van der Waals surface area contributed by atoms with Crippen molar-refractivity contribution < 1.29 is 0 Å². The lowest BCUT2D eigenvalue weighted by Gasteiger charge is -2.03. The van der Waals surface area contributed by atoms with Gasteiger partial charge in [-0.25, -0.2) is 0 Å². The van der Waals surface area contributed by atoms with Crippen LogP contribution in [0.25, 0.3) is 0 Å². The summed E-state index contributed by atoms with van der Waals surface area (Å²) >= 11 is 0. The van der Waals surface area contributed by atoms with E-state index >= 15 is 0 Å². The largest absolute Gasteiger partial charge is 0.0854 e. The van der Waals surface area contributed by atoms with Crippen LogP contribution < -0.4 is 0 Å². The zero-order valence-corrected chi connectivity index (χ0v) is 7.55. The standard InChI is InChI=1S/C11H19/c1-3-10(2)8-9-11-6-4-5-7-11/h8-11H,1,3-7H2,2H3. The fourth-order valence-electron chi connectivity index (χ4n) is 1.59. The van der Waals surface area contributed by atoms with Crippen LogP contribution in [0.2, 0.25) is 0 Å². The second kappa shape index (κ2) is 4.58. The van der Waals surface area contributed by atoms with Gasteiger partial charge in [0, 0.05) is 0 Å². The summed E-state index contributed by atoms with van der Waals surface area (Å²) in [6.07, 6.45) is 11.5. The number of hydrogen-bond donors (Lipinski definition) is 0. The van der Waals surface area contributed by atoms with E-state index in [0.29, 0.717) is 5.92 Å². The van der Waals surface area contributed by atoms with Crippen molar-refractivity contribution in [3.8, 4) is 0 Å². The molecule has 1 radical (unpaired) electrons. The minimum absolute atomic E-state index is 0.676. The number of hydrogen-bond acceptors (Lipinski definition) is 0. The zero-order valence-electron chi connectivity index (χ0n) is 7.55. The summed E-state index contributed by atoms with van der Waals surface area (Å²) in [5.41, 5.74) is 0. The van der Waals surface area contributed by atoms with Crippen LogP contribution in [0, 0.1) is 18.8 Å². The smallest absolute Gasteiger partial charge is 0.0233 e. The van der Waals surface area contributed by atoms with Gasteiger partial charge >= 0.3 is 0 Å². The average molecular weight is 151 g/mol. The van der Waals surface area contributed by atoms with Crippen molar-refractivity contribution in [3.05, 3.63) is 19.1 Å². The Bertz CT molecular complexity index is 118. The summed E-state index contributed by atoms with van der Waals surface area (Å²) in [5, 5.41) is 0. The maximum atomic E-state index is 3.88. The molecule has 0 N–H and O–H groups in total. The second-order valence-corrected chi connectivity index (χ2v) is 3.70. The Hall–Kier alpha value is -0.260. The van der Waals surface area contributed by atoms with E-state index < -0.39 is 0 Å². The van der Waals surface area contributed by atoms with Gasteiger partial charge in [-0.15, -0.1) is 0 Å². The Morgan fingerprint density at radius 3 is 2.64 bits per heavy atom. The highest BCUT2D eigenvalue weighted by Gasteiger charge is 2.11. The summed E-state index contributed by atoms with van der Waals surface area (Å²) < 4.78 is 0. The Morgan fingerprint density at radius 1 is 1.45 bits per heavy atom. The first kappa shape index (κ1) is 8.83. The normalized spacial score (nSPS) is 23.1. The molecule has 1 aliphatic carbocycles. The molecule has 0 saturated heterocycles. The van der Waals surface area contributed by atoms with Gasteiger partial charge < -0.3 is 0 Å². The molecule has 11 heavy (non-hydrogen) atoms.